The van der Waals surface area contributed by atoms with Crippen LogP contribution in [0.3, 0.4) is 0 Å². The fourth-order valence-corrected chi connectivity index (χ4v) is 5.12. The van der Waals surface area contributed by atoms with E-state index in [2.05, 4.69) is 66.8 Å². The lowest BCUT2D eigenvalue weighted by Gasteiger charge is -2.38. The number of benzene rings is 1. The Morgan fingerprint density at radius 1 is 1.26 bits per heavy atom. The van der Waals surface area contributed by atoms with Crippen LogP contribution >= 0.6 is 0 Å². The Balaban J connectivity index is 1.74. The van der Waals surface area contributed by atoms with Crippen LogP contribution in [0, 0.1) is 5.92 Å². The summed E-state index contributed by atoms with van der Waals surface area (Å²) in [5.41, 5.74) is 6.80. The number of aromatic nitrogens is 2. The highest BCUT2D eigenvalue weighted by atomic mass is 16.5. The van der Waals surface area contributed by atoms with E-state index in [1.807, 2.05) is 0 Å². The van der Waals surface area contributed by atoms with Gasteiger partial charge in [0.25, 0.3) is 0 Å². The van der Waals surface area contributed by atoms with Crippen molar-refractivity contribution in [3.05, 3.63) is 48.1 Å². The molecule has 0 aliphatic carbocycles. The van der Waals surface area contributed by atoms with Crippen molar-refractivity contribution in [2.24, 2.45) is 5.92 Å². The van der Waals surface area contributed by atoms with Gasteiger partial charge in [0, 0.05) is 23.5 Å². The third kappa shape index (κ3) is 4.52. The van der Waals surface area contributed by atoms with Crippen molar-refractivity contribution >= 4 is 5.69 Å². The second-order valence-electron chi connectivity index (χ2n) is 9.57. The van der Waals surface area contributed by atoms with E-state index < -0.39 is 0 Å². The van der Waals surface area contributed by atoms with Gasteiger partial charge < -0.3 is 15.0 Å². The zero-order valence-corrected chi connectivity index (χ0v) is 19.7. The SMILES string of the molecule is C=C(OC)N1c2ccc(-c3cnn(C4CCNCC4)c3)c(CCC(C)C)c2CC[C@@H]1C. The number of hydrogen-bond acceptors (Lipinski definition) is 4. The molecular weight excluding hydrogens is 384 g/mol. The summed E-state index contributed by atoms with van der Waals surface area (Å²) in [6, 6.07) is 5.47. The molecule has 0 spiro atoms. The van der Waals surface area contributed by atoms with Gasteiger partial charge in [-0.1, -0.05) is 19.9 Å². The summed E-state index contributed by atoms with van der Waals surface area (Å²) in [4.78, 5) is 2.28. The zero-order chi connectivity index (χ0) is 22.0. The zero-order valence-electron chi connectivity index (χ0n) is 19.7. The normalized spacial score (nSPS) is 19.5. The summed E-state index contributed by atoms with van der Waals surface area (Å²) in [6.07, 6.45) is 11.1. The average molecular weight is 423 g/mol. The molecule has 168 valence electrons. The molecule has 5 nitrogen and oxygen atoms in total. The molecule has 2 aliphatic heterocycles. The summed E-state index contributed by atoms with van der Waals surface area (Å²) >= 11 is 0. The van der Waals surface area contributed by atoms with E-state index in [0.29, 0.717) is 18.0 Å². The van der Waals surface area contributed by atoms with E-state index >= 15 is 0 Å². The van der Waals surface area contributed by atoms with Crippen molar-refractivity contribution in [2.75, 3.05) is 25.1 Å². The van der Waals surface area contributed by atoms with Crippen LogP contribution in [0.2, 0.25) is 0 Å². The molecule has 0 saturated carbocycles. The second-order valence-corrected chi connectivity index (χ2v) is 9.57. The molecule has 4 rings (SSSR count). The molecule has 0 amide bonds. The number of rotatable bonds is 7. The molecule has 3 heterocycles. The Bertz CT molecular complexity index is 910. The van der Waals surface area contributed by atoms with Crippen molar-refractivity contribution in [1.82, 2.24) is 15.1 Å². The predicted molar refractivity (Wildman–Crippen MR) is 128 cm³/mol. The van der Waals surface area contributed by atoms with Crippen LogP contribution in [0.1, 0.15) is 63.6 Å². The molecule has 0 unspecified atom stereocenters. The highest BCUT2D eigenvalue weighted by Gasteiger charge is 2.29. The van der Waals surface area contributed by atoms with E-state index in [0.717, 1.165) is 51.1 Å². The van der Waals surface area contributed by atoms with Crippen LogP contribution in [-0.4, -0.2) is 36.0 Å². The summed E-state index contributed by atoms with van der Waals surface area (Å²) in [6.45, 7) is 13.2. The molecule has 2 aliphatic rings. The van der Waals surface area contributed by atoms with E-state index in [4.69, 9.17) is 9.84 Å². The monoisotopic (exact) mass is 422 g/mol. The fourth-order valence-electron chi connectivity index (χ4n) is 5.12. The van der Waals surface area contributed by atoms with Gasteiger partial charge >= 0.3 is 0 Å². The van der Waals surface area contributed by atoms with Crippen molar-refractivity contribution in [3.8, 4) is 11.1 Å². The number of nitrogens with one attached hydrogen (secondary N) is 1. The van der Waals surface area contributed by atoms with Crippen molar-refractivity contribution < 1.29 is 4.74 Å². The lowest BCUT2D eigenvalue weighted by atomic mass is 9.85. The maximum atomic E-state index is 5.55. The first-order valence-electron chi connectivity index (χ1n) is 11.9. The van der Waals surface area contributed by atoms with Crippen LogP contribution in [-0.2, 0) is 17.6 Å². The Hall–Kier alpha value is -2.27. The number of piperidine rings is 1. The van der Waals surface area contributed by atoms with Gasteiger partial charge in [0.2, 0.25) is 0 Å². The molecule has 1 aromatic carbocycles. The Morgan fingerprint density at radius 2 is 2.03 bits per heavy atom. The molecule has 1 aromatic heterocycles. The predicted octanol–water partition coefficient (Wildman–Crippen LogP) is 5.32. The van der Waals surface area contributed by atoms with E-state index in [1.54, 1.807) is 7.11 Å². The summed E-state index contributed by atoms with van der Waals surface area (Å²) in [5.74, 6) is 1.41. The highest BCUT2D eigenvalue weighted by molar-refractivity contribution is 5.75. The Kier molecular flexibility index (Phi) is 6.71. The third-order valence-corrected chi connectivity index (χ3v) is 6.99. The fraction of sp³-hybridized carbons (Fsp3) is 0.577. The summed E-state index contributed by atoms with van der Waals surface area (Å²) in [7, 11) is 1.71. The lowest BCUT2D eigenvalue weighted by Crippen LogP contribution is -2.37. The summed E-state index contributed by atoms with van der Waals surface area (Å²) < 4.78 is 7.75. The number of nitrogens with zero attached hydrogens (tertiary/aromatic N) is 3. The van der Waals surface area contributed by atoms with Gasteiger partial charge in [0.15, 0.2) is 5.88 Å². The van der Waals surface area contributed by atoms with Crippen LogP contribution in [0.4, 0.5) is 5.69 Å². The van der Waals surface area contributed by atoms with E-state index in [-0.39, 0.29) is 0 Å². The minimum Gasteiger partial charge on any atom is -0.483 e. The molecule has 0 radical (unpaired) electrons. The minimum absolute atomic E-state index is 0.395. The topological polar surface area (TPSA) is 42.3 Å². The first-order valence-corrected chi connectivity index (χ1v) is 11.9. The van der Waals surface area contributed by atoms with Gasteiger partial charge in [-0.2, -0.15) is 5.10 Å². The van der Waals surface area contributed by atoms with Crippen LogP contribution in [0.15, 0.2) is 37.0 Å². The molecule has 2 aromatic rings. The standard InChI is InChI=1S/C26H38N4O/c1-18(2)6-8-24-23(21-16-28-29(17-21)22-12-14-27-15-13-22)10-11-26-25(24)9-7-19(3)30(26)20(4)31-5/h10-11,16-19,22,27H,4,6-9,12-15H2,1-3,5H3/t19-/m0/s1. The minimum atomic E-state index is 0.395. The number of anilines is 1. The molecule has 31 heavy (non-hydrogen) atoms. The van der Waals surface area contributed by atoms with Crippen molar-refractivity contribution in [3.63, 3.8) is 0 Å². The molecule has 1 saturated heterocycles. The molecule has 1 atom stereocenters. The largest absolute Gasteiger partial charge is 0.483 e. The van der Waals surface area contributed by atoms with Crippen LogP contribution in [0.25, 0.3) is 11.1 Å². The molecule has 1 N–H and O–H groups in total. The number of methoxy groups -OCH3 is 1. The van der Waals surface area contributed by atoms with Crippen LogP contribution in [0.5, 0.6) is 0 Å². The molecule has 1 fully saturated rings. The maximum Gasteiger partial charge on any atom is 0.186 e. The van der Waals surface area contributed by atoms with Crippen molar-refractivity contribution in [1.29, 1.82) is 0 Å². The van der Waals surface area contributed by atoms with E-state index in [9.17, 15) is 0 Å². The number of hydrogen-bond donors (Lipinski definition) is 1. The van der Waals surface area contributed by atoms with Gasteiger partial charge in [0.1, 0.15) is 0 Å². The smallest absolute Gasteiger partial charge is 0.186 e. The second kappa shape index (κ2) is 9.47. The first-order chi connectivity index (χ1) is 15.0. The van der Waals surface area contributed by atoms with E-state index in [1.165, 1.54) is 34.4 Å². The molecule has 0 bridgehead atoms. The quantitative estimate of drug-likeness (QED) is 0.613. The van der Waals surface area contributed by atoms with Crippen molar-refractivity contribution in [2.45, 2.75) is 71.4 Å². The Labute approximate surface area is 187 Å². The molecular formula is C26H38N4O. The third-order valence-electron chi connectivity index (χ3n) is 6.99. The lowest BCUT2D eigenvalue weighted by molar-refractivity contribution is 0.270. The Morgan fingerprint density at radius 3 is 2.74 bits per heavy atom. The number of ether oxygens (including phenoxy) is 1. The van der Waals surface area contributed by atoms with Gasteiger partial charge in [-0.15, -0.1) is 0 Å². The number of fused-ring (bicyclic) bond motifs is 1. The maximum absolute atomic E-state index is 5.55. The van der Waals surface area contributed by atoms with Gasteiger partial charge in [-0.3, -0.25) is 4.68 Å². The summed E-state index contributed by atoms with van der Waals surface area (Å²) in [5, 5.41) is 8.23. The van der Waals surface area contributed by atoms with Crippen LogP contribution < -0.4 is 10.2 Å². The highest BCUT2D eigenvalue weighted by Crippen LogP contribution is 2.40. The molecule has 5 heteroatoms. The average Bonchev–Trinajstić information content (AvgIpc) is 3.27. The van der Waals surface area contributed by atoms with Gasteiger partial charge in [-0.25, -0.2) is 0 Å². The first kappa shape index (κ1) is 21.9. The van der Waals surface area contributed by atoms with Gasteiger partial charge in [0.05, 0.1) is 19.3 Å². The van der Waals surface area contributed by atoms with Gasteiger partial charge in [-0.05, 0) is 93.8 Å².